The molecule has 7 nitrogen and oxygen atoms in total. The van der Waals surface area contributed by atoms with Gasteiger partial charge in [-0.05, 0) is 24.3 Å². The van der Waals surface area contributed by atoms with Crippen molar-refractivity contribution >= 4 is 35.3 Å². The first-order valence-electron chi connectivity index (χ1n) is 6.41. The number of amides is 2. The van der Waals surface area contributed by atoms with E-state index in [1.807, 2.05) is 0 Å². The summed E-state index contributed by atoms with van der Waals surface area (Å²) in [6.45, 7) is -0.242. The highest BCUT2D eigenvalue weighted by molar-refractivity contribution is 6.30. The maximum absolute atomic E-state index is 12.2. The number of carbonyl (C=O) groups excluding carboxylic acids is 3. The van der Waals surface area contributed by atoms with Gasteiger partial charge in [0.2, 0.25) is 0 Å². The predicted octanol–water partition coefficient (Wildman–Crippen LogP) is 1.91. The number of hydrogen-bond acceptors (Lipinski definition) is 5. The first-order chi connectivity index (χ1) is 10.5. The fourth-order valence-electron chi connectivity index (χ4n) is 1.54. The number of methoxy groups -OCH3 is 2. The smallest absolute Gasteiger partial charge is 0.325 e. The molecule has 0 saturated heterocycles. The van der Waals surface area contributed by atoms with Crippen LogP contribution in [-0.4, -0.2) is 50.2 Å². The molecule has 1 N–H and O–H groups in total. The number of esters is 2. The van der Waals surface area contributed by atoms with Gasteiger partial charge in [0.1, 0.15) is 6.54 Å². The van der Waals surface area contributed by atoms with Crippen molar-refractivity contribution in [1.29, 1.82) is 0 Å². The first-order valence-corrected chi connectivity index (χ1v) is 6.79. The molecule has 1 rings (SSSR count). The van der Waals surface area contributed by atoms with Crippen molar-refractivity contribution in [3.63, 3.8) is 0 Å². The fourth-order valence-corrected chi connectivity index (χ4v) is 1.66. The van der Waals surface area contributed by atoms with Crippen LogP contribution in [0, 0.1) is 0 Å². The van der Waals surface area contributed by atoms with E-state index in [0.717, 1.165) is 4.90 Å². The average Bonchev–Trinajstić information content (AvgIpc) is 2.52. The normalized spacial score (nSPS) is 9.77. The number of carbonyl (C=O) groups is 3. The fraction of sp³-hybridized carbons (Fsp3) is 0.357. The van der Waals surface area contributed by atoms with Gasteiger partial charge in [-0.25, -0.2) is 4.79 Å². The molecule has 0 atom stereocenters. The molecule has 1 aromatic carbocycles. The van der Waals surface area contributed by atoms with E-state index in [1.54, 1.807) is 24.3 Å². The molecular formula is C14H17ClN2O5. The highest BCUT2D eigenvalue weighted by atomic mass is 35.5. The molecule has 0 spiro atoms. The van der Waals surface area contributed by atoms with Gasteiger partial charge < -0.3 is 19.7 Å². The quantitative estimate of drug-likeness (QED) is 0.806. The molecule has 0 aromatic heterocycles. The van der Waals surface area contributed by atoms with Gasteiger partial charge in [0.05, 0.1) is 20.6 Å². The summed E-state index contributed by atoms with van der Waals surface area (Å²) in [5.74, 6) is -1.06. The third-order valence-corrected chi connectivity index (χ3v) is 3.00. The van der Waals surface area contributed by atoms with Crippen LogP contribution >= 0.6 is 11.6 Å². The Bertz CT molecular complexity index is 533. The van der Waals surface area contributed by atoms with Crippen LogP contribution in [0.3, 0.4) is 0 Å². The number of rotatable bonds is 6. The lowest BCUT2D eigenvalue weighted by atomic mass is 10.3. The van der Waals surface area contributed by atoms with Crippen LogP contribution in [-0.2, 0) is 19.1 Å². The Hall–Kier alpha value is -2.28. The van der Waals surface area contributed by atoms with Crippen molar-refractivity contribution in [3.8, 4) is 0 Å². The van der Waals surface area contributed by atoms with Crippen molar-refractivity contribution in [2.24, 2.45) is 0 Å². The summed E-state index contributed by atoms with van der Waals surface area (Å²) in [5, 5.41) is 3.15. The van der Waals surface area contributed by atoms with Gasteiger partial charge >= 0.3 is 18.0 Å². The zero-order valence-electron chi connectivity index (χ0n) is 12.3. The minimum atomic E-state index is -0.587. The summed E-state index contributed by atoms with van der Waals surface area (Å²) in [6, 6.07) is 5.96. The zero-order chi connectivity index (χ0) is 16.5. The molecule has 0 unspecified atom stereocenters. The minimum Gasteiger partial charge on any atom is -0.469 e. The number of benzene rings is 1. The second kappa shape index (κ2) is 8.89. The molecule has 0 saturated carbocycles. The monoisotopic (exact) mass is 328 g/mol. The van der Waals surface area contributed by atoms with E-state index in [0.29, 0.717) is 10.7 Å². The van der Waals surface area contributed by atoms with Crippen LogP contribution in [0.5, 0.6) is 0 Å². The predicted molar refractivity (Wildman–Crippen MR) is 80.7 cm³/mol. The van der Waals surface area contributed by atoms with Crippen LogP contribution in [0.2, 0.25) is 5.02 Å². The molecule has 22 heavy (non-hydrogen) atoms. The van der Waals surface area contributed by atoms with Crippen LogP contribution in [0.15, 0.2) is 24.3 Å². The second-order valence-electron chi connectivity index (χ2n) is 4.26. The molecule has 0 fully saturated rings. The molecule has 0 aliphatic carbocycles. The van der Waals surface area contributed by atoms with Crippen LogP contribution in [0.1, 0.15) is 6.42 Å². The molecule has 0 heterocycles. The van der Waals surface area contributed by atoms with Gasteiger partial charge in [-0.2, -0.15) is 0 Å². The largest absolute Gasteiger partial charge is 0.469 e. The highest BCUT2D eigenvalue weighted by Gasteiger charge is 2.19. The van der Waals surface area contributed by atoms with Crippen molar-refractivity contribution in [2.45, 2.75) is 6.42 Å². The summed E-state index contributed by atoms with van der Waals surface area (Å²) in [4.78, 5) is 35.9. The Morgan fingerprint density at radius 1 is 1.09 bits per heavy atom. The third kappa shape index (κ3) is 6.01. The zero-order valence-corrected chi connectivity index (χ0v) is 13.1. The third-order valence-electron chi connectivity index (χ3n) is 2.74. The number of anilines is 1. The van der Waals surface area contributed by atoms with E-state index in [9.17, 15) is 14.4 Å². The van der Waals surface area contributed by atoms with E-state index in [4.69, 9.17) is 11.6 Å². The number of hydrogen-bond donors (Lipinski definition) is 1. The lowest BCUT2D eigenvalue weighted by Gasteiger charge is -2.21. The topological polar surface area (TPSA) is 84.9 Å². The van der Waals surface area contributed by atoms with Crippen LogP contribution in [0.25, 0.3) is 0 Å². The molecule has 0 radical (unpaired) electrons. The van der Waals surface area contributed by atoms with Crippen LogP contribution in [0.4, 0.5) is 10.5 Å². The van der Waals surface area contributed by atoms with Crippen molar-refractivity contribution in [3.05, 3.63) is 29.3 Å². The van der Waals surface area contributed by atoms with Gasteiger partial charge in [-0.3, -0.25) is 9.59 Å². The van der Waals surface area contributed by atoms with E-state index in [1.165, 1.54) is 14.2 Å². The number of nitrogens with zero attached hydrogens (tertiary/aromatic N) is 1. The second-order valence-corrected chi connectivity index (χ2v) is 4.70. The average molecular weight is 329 g/mol. The van der Waals surface area contributed by atoms with Gasteiger partial charge in [0, 0.05) is 17.3 Å². The number of ether oxygens (including phenoxy) is 2. The minimum absolute atomic E-state index is 0.0263. The van der Waals surface area contributed by atoms with Gasteiger partial charge in [0.25, 0.3) is 0 Å². The standard InChI is InChI=1S/C14H17ClN2O5/c1-21-12(18)7-8-17(9-13(19)22-2)14(20)16-11-5-3-10(15)4-6-11/h3-6H,7-9H2,1-2H3,(H,16,20). The molecule has 0 aliphatic rings. The van der Waals surface area contributed by atoms with Gasteiger partial charge in [-0.15, -0.1) is 0 Å². The number of urea groups is 1. The van der Waals surface area contributed by atoms with E-state index >= 15 is 0 Å². The Morgan fingerprint density at radius 3 is 2.23 bits per heavy atom. The maximum Gasteiger partial charge on any atom is 0.325 e. The number of nitrogens with one attached hydrogen (secondary N) is 1. The number of halogens is 1. The first kappa shape index (κ1) is 17.8. The lowest BCUT2D eigenvalue weighted by molar-refractivity contribution is -0.143. The lowest BCUT2D eigenvalue weighted by Crippen LogP contribution is -2.40. The maximum atomic E-state index is 12.2. The summed E-state index contributed by atoms with van der Waals surface area (Å²) >= 11 is 5.76. The highest BCUT2D eigenvalue weighted by Crippen LogP contribution is 2.14. The van der Waals surface area contributed by atoms with Crippen molar-refractivity contribution in [2.75, 3.05) is 32.6 Å². The Morgan fingerprint density at radius 2 is 1.68 bits per heavy atom. The van der Waals surface area contributed by atoms with Crippen molar-refractivity contribution in [1.82, 2.24) is 4.90 Å². The van der Waals surface area contributed by atoms with Gasteiger partial charge in [0.15, 0.2) is 0 Å². The molecule has 2 amide bonds. The summed E-state index contributed by atoms with van der Waals surface area (Å²) in [5.41, 5.74) is 0.516. The summed E-state index contributed by atoms with van der Waals surface area (Å²) in [7, 11) is 2.47. The van der Waals surface area contributed by atoms with Crippen molar-refractivity contribution < 1.29 is 23.9 Å². The van der Waals surface area contributed by atoms with E-state index in [-0.39, 0.29) is 19.5 Å². The van der Waals surface area contributed by atoms with Crippen LogP contribution < -0.4 is 5.32 Å². The Kier molecular flexibility index (Phi) is 7.18. The molecular weight excluding hydrogens is 312 g/mol. The SMILES string of the molecule is COC(=O)CCN(CC(=O)OC)C(=O)Nc1ccc(Cl)cc1. The van der Waals surface area contributed by atoms with E-state index < -0.39 is 18.0 Å². The van der Waals surface area contributed by atoms with E-state index in [2.05, 4.69) is 14.8 Å². The Balaban J connectivity index is 2.70. The summed E-state index contributed by atoms with van der Waals surface area (Å²) in [6.07, 6.45) is -0.0263. The molecule has 0 aliphatic heterocycles. The molecule has 120 valence electrons. The summed E-state index contributed by atoms with van der Waals surface area (Å²) < 4.78 is 9.05. The molecule has 0 bridgehead atoms. The molecule has 1 aromatic rings. The molecule has 8 heteroatoms. The van der Waals surface area contributed by atoms with Gasteiger partial charge in [-0.1, -0.05) is 11.6 Å². The Labute approximate surface area is 133 Å².